The monoisotopic (exact) mass is 430 g/mol. The third-order valence-corrected chi connectivity index (χ3v) is 5.40. The number of thioether (sulfide) groups is 1. The van der Waals surface area contributed by atoms with Crippen LogP contribution in [0.5, 0.6) is 11.5 Å². The molecule has 0 bridgehead atoms. The normalized spacial score (nSPS) is 15.6. The number of phenolic OH excluding ortho intramolecular Hbond substituents is 2. The number of allylic oxidation sites excluding steroid dienone is 2. The molecule has 2 aromatic rings. The van der Waals surface area contributed by atoms with Gasteiger partial charge in [0.15, 0.2) is 11.5 Å². The van der Waals surface area contributed by atoms with E-state index in [0.717, 1.165) is 17.3 Å². The Hall–Kier alpha value is -3.04. The van der Waals surface area contributed by atoms with Gasteiger partial charge in [-0.05, 0) is 48.4 Å². The van der Waals surface area contributed by atoms with Gasteiger partial charge in [-0.3, -0.25) is 14.5 Å². The van der Waals surface area contributed by atoms with E-state index in [-0.39, 0.29) is 29.9 Å². The first kappa shape index (κ1) is 20.7. The van der Waals surface area contributed by atoms with Crippen LogP contribution < -0.4 is 5.32 Å². The van der Waals surface area contributed by atoms with Crippen LogP contribution in [0.25, 0.3) is 6.08 Å². The number of rotatable bonds is 7. The van der Waals surface area contributed by atoms with Crippen molar-refractivity contribution in [1.82, 2.24) is 10.2 Å². The average molecular weight is 431 g/mol. The SMILES string of the molecule is O=C(CN1C(=O)C(=CC=Cc2ccco2)SC1=S)NCCc1ccc(O)c(O)c1. The molecule has 7 nitrogen and oxygen atoms in total. The van der Waals surface area contributed by atoms with Gasteiger partial charge in [-0.2, -0.15) is 0 Å². The summed E-state index contributed by atoms with van der Waals surface area (Å²) >= 11 is 6.35. The van der Waals surface area contributed by atoms with Crippen molar-refractivity contribution in [1.29, 1.82) is 0 Å². The van der Waals surface area contributed by atoms with Crippen molar-refractivity contribution in [2.75, 3.05) is 13.1 Å². The Bertz CT molecular complexity index is 983. The molecule has 1 aliphatic heterocycles. The first-order chi connectivity index (χ1) is 13.9. The van der Waals surface area contributed by atoms with E-state index in [2.05, 4.69) is 5.32 Å². The number of benzene rings is 1. The molecule has 1 aromatic heterocycles. The van der Waals surface area contributed by atoms with E-state index < -0.39 is 0 Å². The Balaban J connectivity index is 1.50. The Kier molecular flexibility index (Phi) is 6.73. The highest BCUT2D eigenvalue weighted by molar-refractivity contribution is 8.26. The molecule has 0 unspecified atom stereocenters. The summed E-state index contributed by atoms with van der Waals surface area (Å²) in [6.07, 6.45) is 7.08. The van der Waals surface area contributed by atoms with E-state index in [1.54, 1.807) is 42.7 Å². The van der Waals surface area contributed by atoms with Crippen molar-refractivity contribution in [3.8, 4) is 11.5 Å². The van der Waals surface area contributed by atoms with Crippen molar-refractivity contribution in [2.45, 2.75) is 6.42 Å². The highest BCUT2D eigenvalue weighted by Crippen LogP contribution is 2.30. The fraction of sp³-hybridized carbons (Fsp3) is 0.150. The number of thiocarbonyl (C=S) groups is 1. The summed E-state index contributed by atoms with van der Waals surface area (Å²) in [5.41, 5.74) is 0.762. The van der Waals surface area contributed by atoms with Crippen molar-refractivity contribution < 1.29 is 24.2 Å². The number of carbonyl (C=O) groups is 2. The highest BCUT2D eigenvalue weighted by atomic mass is 32.2. The number of aromatic hydroxyl groups is 2. The molecular weight excluding hydrogens is 412 g/mol. The minimum atomic E-state index is -0.336. The second kappa shape index (κ2) is 9.44. The van der Waals surface area contributed by atoms with Crippen molar-refractivity contribution >= 4 is 46.2 Å². The zero-order valence-corrected chi connectivity index (χ0v) is 16.8. The van der Waals surface area contributed by atoms with Gasteiger partial charge in [0.2, 0.25) is 5.91 Å². The van der Waals surface area contributed by atoms with Crippen LogP contribution in [0, 0.1) is 0 Å². The third-order valence-electron chi connectivity index (χ3n) is 4.00. The van der Waals surface area contributed by atoms with Crippen LogP contribution in [-0.2, 0) is 16.0 Å². The summed E-state index contributed by atoms with van der Waals surface area (Å²) in [7, 11) is 0. The summed E-state index contributed by atoms with van der Waals surface area (Å²) in [5, 5.41) is 21.5. The molecule has 0 atom stereocenters. The topological polar surface area (TPSA) is 103 Å². The second-order valence-electron chi connectivity index (χ2n) is 6.09. The van der Waals surface area contributed by atoms with Gasteiger partial charge in [0.25, 0.3) is 5.91 Å². The molecule has 1 saturated heterocycles. The summed E-state index contributed by atoms with van der Waals surface area (Å²) < 4.78 is 5.50. The zero-order chi connectivity index (χ0) is 20.8. The van der Waals surface area contributed by atoms with Gasteiger partial charge in [0.05, 0.1) is 11.2 Å². The number of nitrogens with one attached hydrogen (secondary N) is 1. The molecule has 0 spiro atoms. The number of furan rings is 1. The molecule has 0 aliphatic carbocycles. The van der Waals surface area contributed by atoms with E-state index >= 15 is 0 Å². The van der Waals surface area contributed by atoms with Crippen molar-refractivity contribution in [3.05, 3.63) is 65.0 Å². The van der Waals surface area contributed by atoms with E-state index in [1.807, 2.05) is 0 Å². The molecule has 1 aromatic carbocycles. The predicted molar refractivity (Wildman–Crippen MR) is 114 cm³/mol. The molecule has 0 radical (unpaired) electrons. The zero-order valence-electron chi connectivity index (χ0n) is 15.2. The molecule has 150 valence electrons. The first-order valence-electron chi connectivity index (χ1n) is 8.67. The van der Waals surface area contributed by atoms with Gasteiger partial charge in [-0.1, -0.05) is 36.1 Å². The van der Waals surface area contributed by atoms with Gasteiger partial charge in [0.1, 0.15) is 16.6 Å². The van der Waals surface area contributed by atoms with E-state index in [1.165, 1.54) is 17.0 Å². The quantitative estimate of drug-likeness (QED) is 0.353. The second-order valence-corrected chi connectivity index (χ2v) is 7.76. The van der Waals surface area contributed by atoms with Crippen LogP contribution in [-0.4, -0.2) is 44.3 Å². The fourth-order valence-electron chi connectivity index (χ4n) is 2.54. The lowest BCUT2D eigenvalue weighted by molar-refractivity contribution is -0.128. The summed E-state index contributed by atoms with van der Waals surface area (Å²) in [6, 6.07) is 8.04. The average Bonchev–Trinajstić information content (AvgIpc) is 3.29. The van der Waals surface area contributed by atoms with Gasteiger partial charge in [-0.15, -0.1) is 0 Å². The highest BCUT2D eigenvalue weighted by Gasteiger charge is 2.32. The van der Waals surface area contributed by atoms with Crippen LogP contribution in [0.2, 0.25) is 0 Å². The Labute approximate surface area is 176 Å². The number of amides is 2. The standard InChI is InChI=1S/C20H18N2O5S2/c23-15-7-6-13(11-16(15)24)8-9-21-18(25)12-22-19(26)17(29-20(22)28)5-1-3-14-4-2-10-27-14/h1-7,10-11,23-24H,8-9,12H2,(H,21,25). The lowest BCUT2D eigenvalue weighted by Gasteiger charge is -2.14. The number of phenols is 2. The molecule has 1 fully saturated rings. The number of nitrogens with zero attached hydrogens (tertiary/aromatic N) is 1. The van der Waals surface area contributed by atoms with E-state index in [4.69, 9.17) is 16.6 Å². The maximum Gasteiger partial charge on any atom is 0.266 e. The summed E-state index contributed by atoms with van der Waals surface area (Å²) in [6.45, 7) is 0.157. The third kappa shape index (κ3) is 5.49. The summed E-state index contributed by atoms with van der Waals surface area (Å²) in [4.78, 5) is 26.3. The minimum Gasteiger partial charge on any atom is -0.504 e. The molecular formula is C20H18N2O5S2. The number of hydrogen-bond acceptors (Lipinski definition) is 7. The largest absolute Gasteiger partial charge is 0.504 e. The molecule has 0 saturated carbocycles. The van der Waals surface area contributed by atoms with Crippen molar-refractivity contribution in [3.63, 3.8) is 0 Å². The number of carbonyl (C=O) groups excluding carboxylic acids is 2. The van der Waals surface area contributed by atoms with Gasteiger partial charge in [-0.25, -0.2) is 0 Å². The van der Waals surface area contributed by atoms with Crippen LogP contribution in [0.15, 0.2) is 58.1 Å². The summed E-state index contributed by atoms with van der Waals surface area (Å²) in [5.74, 6) is -0.393. The van der Waals surface area contributed by atoms with Crippen LogP contribution in [0.3, 0.4) is 0 Å². The van der Waals surface area contributed by atoms with Gasteiger partial charge < -0.3 is 19.9 Å². The van der Waals surface area contributed by atoms with Crippen molar-refractivity contribution in [2.24, 2.45) is 0 Å². The molecule has 9 heteroatoms. The first-order valence-corrected chi connectivity index (χ1v) is 9.89. The van der Waals surface area contributed by atoms with Crippen LogP contribution in [0.4, 0.5) is 0 Å². The Morgan fingerprint density at radius 2 is 2.10 bits per heavy atom. The molecule has 2 amide bonds. The van der Waals surface area contributed by atoms with Crippen LogP contribution >= 0.6 is 24.0 Å². The maximum absolute atomic E-state index is 12.5. The molecule has 3 rings (SSSR count). The fourth-order valence-corrected chi connectivity index (χ4v) is 3.74. The van der Waals surface area contributed by atoms with Gasteiger partial charge in [0, 0.05) is 6.54 Å². The Morgan fingerprint density at radius 3 is 2.83 bits per heavy atom. The number of hydrogen-bond donors (Lipinski definition) is 3. The van der Waals surface area contributed by atoms with E-state index in [9.17, 15) is 19.8 Å². The lowest BCUT2D eigenvalue weighted by atomic mass is 10.1. The Morgan fingerprint density at radius 1 is 1.28 bits per heavy atom. The van der Waals surface area contributed by atoms with Gasteiger partial charge >= 0.3 is 0 Å². The molecule has 1 aliphatic rings. The minimum absolute atomic E-state index is 0.162. The lowest BCUT2D eigenvalue weighted by Crippen LogP contribution is -2.40. The molecule has 3 N–H and O–H groups in total. The predicted octanol–water partition coefficient (Wildman–Crippen LogP) is 2.81. The van der Waals surface area contributed by atoms with Crippen LogP contribution in [0.1, 0.15) is 11.3 Å². The maximum atomic E-state index is 12.5. The van der Waals surface area contributed by atoms with E-state index in [0.29, 0.717) is 28.0 Å². The smallest absolute Gasteiger partial charge is 0.266 e. The molecule has 2 heterocycles. The molecule has 29 heavy (non-hydrogen) atoms.